The smallest absolute Gasteiger partial charge is 0.251 e. The van der Waals surface area contributed by atoms with Gasteiger partial charge in [-0.2, -0.15) is 0 Å². The molecule has 0 bridgehead atoms. The number of rotatable bonds is 3. The van der Waals surface area contributed by atoms with Gasteiger partial charge in [0.15, 0.2) is 0 Å². The van der Waals surface area contributed by atoms with Gasteiger partial charge in [0.05, 0.1) is 5.69 Å². The van der Waals surface area contributed by atoms with Crippen molar-refractivity contribution >= 4 is 22.9 Å². The van der Waals surface area contributed by atoms with Crippen LogP contribution in [0.5, 0.6) is 0 Å². The average molecular weight is 290 g/mol. The molecule has 0 spiro atoms. The molecule has 0 atom stereocenters. The molecule has 2 heterocycles. The number of hydrogen-bond acceptors (Lipinski definition) is 3. The van der Waals surface area contributed by atoms with Gasteiger partial charge in [-0.15, -0.1) is 11.3 Å². The number of anilines is 1. The Hall–Kier alpha value is -1.88. The molecule has 3 rings (SSSR count). The van der Waals surface area contributed by atoms with E-state index in [4.69, 9.17) is 0 Å². The second-order valence-electron chi connectivity index (χ2n) is 4.86. The maximum absolute atomic E-state index is 14.0. The number of amides is 1. The van der Waals surface area contributed by atoms with Gasteiger partial charge in [0.25, 0.3) is 5.91 Å². The lowest BCUT2D eigenvalue weighted by Gasteiger charge is -2.18. The van der Waals surface area contributed by atoms with Crippen molar-refractivity contribution in [2.24, 2.45) is 0 Å². The minimum absolute atomic E-state index is 0.124. The number of aryl methyl sites for hydroxylation is 1. The zero-order valence-electron chi connectivity index (χ0n) is 11.1. The van der Waals surface area contributed by atoms with E-state index in [1.807, 2.05) is 19.1 Å². The van der Waals surface area contributed by atoms with Crippen molar-refractivity contribution in [1.82, 2.24) is 5.32 Å². The van der Waals surface area contributed by atoms with E-state index in [2.05, 4.69) is 10.6 Å². The topological polar surface area (TPSA) is 41.1 Å². The lowest BCUT2D eigenvalue weighted by molar-refractivity contribution is 0.0946. The molecule has 20 heavy (non-hydrogen) atoms. The van der Waals surface area contributed by atoms with Gasteiger partial charge in [0.1, 0.15) is 5.82 Å². The van der Waals surface area contributed by atoms with E-state index in [0.29, 0.717) is 30.8 Å². The molecule has 0 saturated carbocycles. The van der Waals surface area contributed by atoms with Gasteiger partial charge in [-0.25, -0.2) is 4.39 Å². The highest BCUT2D eigenvalue weighted by atomic mass is 32.1. The second kappa shape index (κ2) is 5.25. The molecule has 2 N–H and O–H groups in total. The van der Waals surface area contributed by atoms with E-state index in [-0.39, 0.29) is 11.7 Å². The van der Waals surface area contributed by atoms with Crippen molar-refractivity contribution in [2.45, 2.75) is 19.9 Å². The highest BCUT2D eigenvalue weighted by Crippen LogP contribution is 2.24. The third-order valence-electron chi connectivity index (χ3n) is 3.37. The lowest BCUT2D eigenvalue weighted by atomic mass is 9.99. The highest BCUT2D eigenvalue weighted by molar-refractivity contribution is 7.11. The Morgan fingerprint density at radius 3 is 3.00 bits per heavy atom. The summed E-state index contributed by atoms with van der Waals surface area (Å²) in [6, 6.07) is 7.14. The van der Waals surface area contributed by atoms with Gasteiger partial charge in [0, 0.05) is 28.4 Å². The molecule has 1 aliphatic heterocycles. The molecule has 0 fully saturated rings. The van der Waals surface area contributed by atoms with Crippen LogP contribution in [0.3, 0.4) is 0 Å². The number of benzene rings is 1. The molecule has 104 valence electrons. The van der Waals surface area contributed by atoms with Crippen LogP contribution in [0.25, 0.3) is 0 Å². The number of fused-ring (bicyclic) bond motifs is 1. The largest absolute Gasteiger partial charge is 0.378 e. The van der Waals surface area contributed by atoms with E-state index < -0.39 is 0 Å². The average Bonchev–Trinajstić information content (AvgIpc) is 2.83. The number of nitrogens with one attached hydrogen (secondary N) is 2. The standard InChI is InChI=1S/C15H15FN2OS/c1-9-2-3-11(20-9)8-18-14-7-12-10(6-13(14)16)4-5-17-15(12)19/h2-3,6-7,18H,4-5,8H2,1H3,(H,17,19). The third-order valence-corrected chi connectivity index (χ3v) is 4.37. The first-order chi connectivity index (χ1) is 9.63. The first-order valence-electron chi connectivity index (χ1n) is 6.53. The Morgan fingerprint density at radius 1 is 1.40 bits per heavy atom. The normalized spacial score (nSPS) is 13.8. The van der Waals surface area contributed by atoms with Crippen LogP contribution in [0.15, 0.2) is 24.3 Å². The molecular formula is C15H15FN2OS. The van der Waals surface area contributed by atoms with Crippen molar-refractivity contribution in [3.05, 3.63) is 51.0 Å². The summed E-state index contributed by atoms with van der Waals surface area (Å²) in [5.74, 6) is -0.423. The number of thiophene rings is 1. The highest BCUT2D eigenvalue weighted by Gasteiger charge is 2.19. The summed E-state index contributed by atoms with van der Waals surface area (Å²) < 4.78 is 14.0. The number of hydrogen-bond donors (Lipinski definition) is 2. The van der Waals surface area contributed by atoms with E-state index >= 15 is 0 Å². The summed E-state index contributed by atoms with van der Waals surface area (Å²) in [7, 11) is 0. The van der Waals surface area contributed by atoms with Crippen LogP contribution >= 0.6 is 11.3 Å². The molecule has 1 aromatic heterocycles. The SMILES string of the molecule is Cc1ccc(CNc2cc3c(cc2F)CCNC3=O)s1. The molecule has 1 amide bonds. The maximum atomic E-state index is 14.0. The molecule has 0 radical (unpaired) electrons. The first-order valence-corrected chi connectivity index (χ1v) is 7.35. The van der Waals surface area contributed by atoms with Crippen LogP contribution in [0.1, 0.15) is 25.7 Å². The predicted octanol–water partition coefficient (Wildman–Crippen LogP) is 3.09. The summed E-state index contributed by atoms with van der Waals surface area (Å²) in [6.45, 7) is 3.18. The summed E-state index contributed by atoms with van der Waals surface area (Å²) >= 11 is 1.68. The van der Waals surface area contributed by atoms with Gasteiger partial charge in [-0.1, -0.05) is 0 Å². The lowest BCUT2D eigenvalue weighted by Crippen LogP contribution is -2.32. The second-order valence-corrected chi connectivity index (χ2v) is 6.23. The monoisotopic (exact) mass is 290 g/mol. The zero-order valence-corrected chi connectivity index (χ0v) is 11.9. The molecule has 0 unspecified atom stereocenters. The van der Waals surface area contributed by atoms with Crippen LogP contribution in [-0.4, -0.2) is 12.5 Å². The van der Waals surface area contributed by atoms with Crippen molar-refractivity contribution in [3.8, 4) is 0 Å². The summed E-state index contributed by atoms with van der Waals surface area (Å²) in [4.78, 5) is 14.1. The van der Waals surface area contributed by atoms with Gasteiger partial charge < -0.3 is 10.6 Å². The van der Waals surface area contributed by atoms with E-state index in [1.54, 1.807) is 17.4 Å². The van der Waals surface area contributed by atoms with E-state index in [1.165, 1.54) is 10.9 Å². The molecule has 2 aromatic rings. The third kappa shape index (κ3) is 2.54. The number of carbonyl (C=O) groups excluding carboxylic acids is 1. The Labute approximate surface area is 120 Å². The molecular weight excluding hydrogens is 275 g/mol. The minimum Gasteiger partial charge on any atom is -0.378 e. The predicted molar refractivity (Wildman–Crippen MR) is 78.8 cm³/mol. The fraction of sp³-hybridized carbons (Fsp3) is 0.267. The summed E-state index contributed by atoms with van der Waals surface area (Å²) in [6.07, 6.45) is 0.683. The molecule has 1 aromatic carbocycles. The van der Waals surface area contributed by atoms with Gasteiger partial charge in [-0.05, 0) is 43.2 Å². The molecule has 0 aliphatic carbocycles. The van der Waals surface area contributed by atoms with Crippen molar-refractivity contribution in [2.75, 3.05) is 11.9 Å². The van der Waals surface area contributed by atoms with Crippen LogP contribution in [0, 0.1) is 12.7 Å². The minimum atomic E-state index is -0.299. The first kappa shape index (κ1) is 13.1. The van der Waals surface area contributed by atoms with Gasteiger partial charge >= 0.3 is 0 Å². The van der Waals surface area contributed by atoms with Crippen molar-refractivity contribution in [1.29, 1.82) is 0 Å². The van der Waals surface area contributed by atoms with E-state index in [0.717, 1.165) is 10.4 Å². The molecule has 1 aliphatic rings. The number of carbonyl (C=O) groups is 1. The van der Waals surface area contributed by atoms with Crippen molar-refractivity contribution < 1.29 is 9.18 Å². The van der Waals surface area contributed by atoms with Crippen LogP contribution in [0.4, 0.5) is 10.1 Å². The van der Waals surface area contributed by atoms with Crippen LogP contribution in [0.2, 0.25) is 0 Å². The Bertz CT molecular complexity index is 666. The fourth-order valence-electron chi connectivity index (χ4n) is 2.34. The Balaban J connectivity index is 1.82. The van der Waals surface area contributed by atoms with Crippen molar-refractivity contribution in [3.63, 3.8) is 0 Å². The Morgan fingerprint density at radius 2 is 2.25 bits per heavy atom. The van der Waals surface area contributed by atoms with Crippen LogP contribution in [-0.2, 0) is 13.0 Å². The fourth-order valence-corrected chi connectivity index (χ4v) is 3.17. The molecule has 5 heteroatoms. The summed E-state index contributed by atoms with van der Waals surface area (Å²) in [5.41, 5.74) is 1.73. The van der Waals surface area contributed by atoms with Crippen LogP contribution < -0.4 is 10.6 Å². The zero-order chi connectivity index (χ0) is 14.1. The maximum Gasteiger partial charge on any atom is 0.251 e. The Kier molecular flexibility index (Phi) is 3.44. The molecule has 0 saturated heterocycles. The quantitative estimate of drug-likeness (QED) is 0.912. The van der Waals surface area contributed by atoms with E-state index in [9.17, 15) is 9.18 Å². The summed E-state index contributed by atoms with van der Waals surface area (Å²) in [5, 5.41) is 5.84. The van der Waals surface area contributed by atoms with Gasteiger partial charge in [-0.3, -0.25) is 4.79 Å². The molecule has 3 nitrogen and oxygen atoms in total. The number of halogens is 1. The van der Waals surface area contributed by atoms with Gasteiger partial charge in [0.2, 0.25) is 0 Å².